The maximum absolute atomic E-state index is 3.72. The van der Waals surface area contributed by atoms with Gasteiger partial charge in [-0.2, -0.15) is 34.5 Å². The molecule has 1 saturated carbocycles. The maximum Gasteiger partial charge on any atom is 2.00 e. The molecule has 70 valence electrons. The zero-order valence-electron chi connectivity index (χ0n) is 7.91. The summed E-state index contributed by atoms with van der Waals surface area (Å²) >= 11 is 0. The molecule has 1 aliphatic rings. The van der Waals surface area contributed by atoms with Crippen LogP contribution in [0.15, 0.2) is 30.3 Å². The number of hydrogen-bond acceptors (Lipinski definition) is 0. The second kappa shape index (κ2) is 12.6. The number of halogens is 1. The van der Waals surface area contributed by atoms with Gasteiger partial charge in [-0.25, -0.2) is 12.8 Å². The van der Waals surface area contributed by atoms with Crippen molar-refractivity contribution in [3.8, 4) is 0 Å². The minimum Gasteiger partial charge on any atom is -0.333 e. The van der Waals surface area contributed by atoms with E-state index >= 15 is 0 Å². The summed E-state index contributed by atoms with van der Waals surface area (Å²) < 4.78 is 0. The fraction of sp³-hybridized carbons (Fsp3) is 0.200. The minimum atomic E-state index is 0. The molecule has 0 aromatic heterocycles. The number of hydrogen-bond donors (Lipinski definition) is 0. The summed E-state index contributed by atoms with van der Waals surface area (Å²) in [6.07, 6.45) is 5.00. The first-order valence-electron chi connectivity index (χ1n) is 3.58. The second-order valence-corrected chi connectivity index (χ2v) is 2.35. The molecule has 2 rings (SSSR count). The maximum atomic E-state index is 3.72. The van der Waals surface area contributed by atoms with Gasteiger partial charge in [0.15, 0.2) is 0 Å². The predicted molar refractivity (Wildman–Crippen MR) is 68.5 cm³/mol. The van der Waals surface area contributed by atoms with E-state index in [9.17, 15) is 0 Å². The first-order valence-corrected chi connectivity index (χ1v) is 3.58. The van der Waals surface area contributed by atoms with Crippen LogP contribution in [-0.4, -0.2) is 23.1 Å². The van der Waals surface area contributed by atoms with Gasteiger partial charge in [-0.3, -0.25) is 0 Å². The van der Waals surface area contributed by atoms with Gasteiger partial charge < -0.3 is 6.42 Å². The fourth-order valence-electron chi connectivity index (χ4n) is 0.478. The van der Waals surface area contributed by atoms with Crippen molar-refractivity contribution < 1.29 is 0 Å². The van der Waals surface area contributed by atoms with E-state index in [-0.39, 0.29) is 45.4 Å². The fourth-order valence-corrected chi connectivity index (χ4v) is 0.478. The molecule has 0 bridgehead atoms. The molecule has 1 aromatic carbocycles. The van der Waals surface area contributed by atoms with Crippen LogP contribution in [0.25, 0.3) is 0 Å². The average molecular weight is 227 g/mol. The molecular weight excluding hydrogens is 211 g/mol. The normalized spacial score (nSPS) is 10.2. The van der Waals surface area contributed by atoms with Crippen molar-refractivity contribution in [1.82, 2.24) is 0 Å². The van der Waals surface area contributed by atoms with Crippen LogP contribution in [0, 0.1) is 13.3 Å². The summed E-state index contributed by atoms with van der Waals surface area (Å²) in [5, 5.41) is 0. The molecule has 0 radical (unpaired) electrons. The van der Waals surface area contributed by atoms with Crippen LogP contribution in [0.1, 0.15) is 18.4 Å². The van der Waals surface area contributed by atoms with Crippen molar-refractivity contribution in [3.05, 3.63) is 49.2 Å². The Kier molecular flexibility index (Phi) is 18.6. The van der Waals surface area contributed by atoms with Crippen molar-refractivity contribution in [2.75, 3.05) is 0 Å². The van der Waals surface area contributed by atoms with E-state index < -0.39 is 0 Å². The first-order chi connectivity index (χ1) is 4.89. The molecule has 1 aromatic rings. The standard InChI is InChI=1S/C7H7.C3H5.ClH.Mg.H3P/c1-7-5-3-2-4-6-7;1-2-3-1;;;/h2-6H,1H2;1H,2-3H2;1H;;1H3/q2*-1;;+2;. The zero-order valence-corrected chi connectivity index (χ0v) is 11.6. The van der Waals surface area contributed by atoms with Crippen LogP contribution >= 0.6 is 22.3 Å². The third-order valence-electron chi connectivity index (χ3n) is 1.13. The molecule has 1 aliphatic carbocycles. The molecule has 0 spiro atoms. The van der Waals surface area contributed by atoms with Crippen LogP contribution in [0.2, 0.25) is 0 Å². The largest absolute Gasteiger partial charge is 2.00 e. The van der Waals surface area contributed by atoms with Crippen molar-refractivity contribution in [3.63, 3.8) is 0 Å². The summed E-state index contributed by atoms with van der Waals surface area (Å²) in [6.45, 7) is 3.72. The Morgan fingerprint density at radius 3 is 1.62 bits per heavy atom. The zero-order chi connectivity index (χ0) is 7.23. The predicted octanol–water partition coefficient (Wildman–Crippen LogP) is 2.95. The van der Waals surface area contributed by atoms with Crippen molar-refractivity contribution >= 4 is 45.4 Å². The van der Waals surface area contributed by atoms with Crippen molar-refractivity contribution in [2.24, 2.45) is 0 Å². The summed E-state index contributed by atoms with van der Waals surface area (Å²) in [5.74, 6) is 0. The van der Waals surface area contributed by atoms with E-state index in [1.54, 1.807) is 0 Å². The second-order valence-electron chi connectivity index (χ2n) is 2.35. The monoisotopic (exact) mass is 226 g/mol. The Morgan fingerprint density at radius 1 is 1.08 bits per heavy atom. The van der Waals surface area contributed by atoms with Crippen LogP contribution in [0.5, 0.6) is 0 Å². The smallest absolute Gasteiger partial charge is 0.333 e. The first kappa shape index (κ1) is 19.2. The summed E-state index contributed by atoms with van der Waals surface area (Å²) in [7, 11) is 0. The van der Waals surface area contributed by atoms with Crippen molar-refractivity contribution in [1.29, 1.82) is 0 Å². The van der Waals surface area contributed by atoms with Crippen LogP contribution < -0.4 is 0 Å². The van der Waals surface area contributed by atoms with Gasteiger partial charge in [-0.1, -0.05) is 6.07 Å². The van der Waals surface area contributed by atoms with Gasteiger partial charge in [0.25, 0.3) is 0 Å². The molecule has 0 nitrogen and oxygen atoms in total. The van der Waals surface area contributed by atoms with Crippen LogP contribution in [0.4, 0.5) is 0 Å². The minimum absolute atomic E-state index is 0. The molecule has 0 N–H and O–H groups in total. The molecule has 0 saturated heterocycles. The molecule has 1 fully saturated rings. The van der Waals surface area contributed by atoms with Gasteiger partial charge in [0, 0.05) is 0 Å². The molecule has 0 amide bonds. The van der Waals surface area contributed by atoms with Gasteiger partial charge in [0.05, 0.1) is 0 Å². The van der Waals surface area contributed by atoms with E-state index in [1.165, 1.54) is 12.8 Å². The Bertz CT molecular complexity index is 175. The SMILES string of the molecule is Cl.P.[CH-]1CC1.[CH2-]c1ccccc1.[Mg+2]. The van der Waals surface area contributed by atoms with Crippen molar-refractivity contribution in [2.45, 2.75) is 12.8 Å². The van der Waals surface area contributed by atoms with Crippen LogP contribution in [0.3, 0.4) is 0 Å². The van der Waals surface area contributed by atoms with E-state index in [4.69, 9.17) is 0 Å². The Labute approximate surface area is 107 Å². The molecular formula is C10H16ClMgP. The van der Waals surface area contributed by atoms with E-state index in [2.05, 4.69) is 13.3 Å². The third kappa shape index (κ3) is 15.3. The van der Waals surface area contributed by atoms with E-state index in [0.29, 0.717) is 0 Å². The molecule has 1 unspecified atom stereocenters. The molecule has 13 heavy (non-hydrogen) atoms. The van der Waals surface area contributed by atoms with Gasteiger partial charge in [-0.15, -0.1) is 24.5 Å². The average Bonchev–Trinajstić information content (AvgIpc) is 2.73. The molecule has 0 heterocycles. The number of benzene rings is 1. The molecule has 3 heteroatoms. The van der Waals surface area contributed by atoms with E-state index in [1.807, 2.05) is 30.3 Å². The summed E-state index contributed by atoms with van der Waals surface area (Å²) in [4.78, 5) is 0. The molecule has 0 aliphatic heterocycles. The van der Waals surface area contributed by atoms with Gasteiger partial charge in [0.1, 0.15) is 0 Å². The third-order valence-corrected chi connectivity index (χ3v) is 1.13. The van der Waals surface area contributed by atoms with E-state index in [0.717, 1.165) is 5.56 Å². The van der Waals surface area contributed by atoms with Gasteiger partial charge >= 0.3 is 23.1 Å². The quantitative estimate of drug-likeness (QED) is 0.363. The van der Waals surface area contributed by atoms with Gasteiger partial charge in [-0.05, 0) is 0 Å². The molecule has 1 atom stereocenters. The number of rotatable bonds is 0. The van der Waals surface area contributed by atoms with Gasteiger partial charge in [0.2, 0.25) is 0 Å². The topological polar surface area (TPSA) is 0 Å². The Morgan fingerprint density at radius 2 is 1.46 bits per heavy atom. The summed E-state index contributed by atoms with van der Waals surface area (Å²) in [6, 6.07) is 9.87. The Balaban J connectivity index is -0.000000147. The Hall–Kier alpha value is 0.576. The summed E-state index contributed by atoms with van der Waals surface area (Å²) in [5.41, 5.74) is 1.07. The van der Waals surface area contributed by atoms with Crippen LogP contribution in [-0.2, 0) is 0 Å².